The quantitative estimate of drug-likeness (QED) is 0.796. The van der Waals surface area contributed by atoms with Crippen molar-refractivity contribution in [2.24, 2.45) is 11.8 Å². The van der Waals surface area contributed by atoms with E-state index in [2.05, 4.69) is 5.32 Å². The highest BCUT2D eigenvalue weighted by molar-refractivity contribution is 5.68. The maximum atomic E-state index is 11.7. The molecule has 100 valence electrons. The summed E-state index contributed by atoms with van der Waals surface area (Å²) in [6.07, 6.45) is 1.21. The van der Waals surface area contributed by atoms with Gasteiger partial charge in [0, 0.05) is 0 Å². The van der Waals surface area contributed by atoms with Gasteiger partial charge in [-0.3, -0.25) is 0 Å². The fourth-order valence-electron chi connectivity index (χ4n) is 1.82. The van der Waals surface area contributed by atoms with Gasteiger partial charge in [-0.15, -0.1) is 0 Å². The summed E-state index contributed by atoms with van der Waals surface area (Å²) in [4.78, 5) is 11.7. The fourth-order valence-corrected chi connectivity index (χ4v) is 1.82. The molecule has 17 heavy (non-hydrogen) atoms. The standard InChI is InChI=1S/C13H25NO3/c1-8(2)10(11(15)9-6-7-9)14-12(16)17-13(3,4)5/h8-11,15H,6-7H2,1-5H3,(H,14,16)/t10-,11-/m1/s1. The summed E-state index contributed by atoms with van der Waals surface area (Å²) in [7, 11) is 0. The number of hydrogen-bond donors (Lipinski definition) is 2. The van der Waals surface area contributed by atoms with Crippen LogP contribution in [0, 0.1) is 11.8 Å². The van der Waals surface area contributed by atoms with Gasteiger partial charge >= 0.3 is 6.09 Å². The minimum Gasteiger partial charge on any atom is -0.444 e. The summed E-state index contributed by atoms with van der Waals surface area (Å²) in [6.45, 7) is 9.47. The molecule has 1 aliphatic rings. The van der Waals surface area contributed by atoms with Crippen molar-refractivity contribution in [2.75, 3.05) is 0 Å². The van der Waals surface area contributed by atoms with E-state index in [-0.39, 0.29) is 12.0 Å². The Kier molecular flexibility index (Phi) is 4.42. The molecule has 0 aromatic carbocycles. The van der Waals surface area contributed by atoms with Crippen LogP contribution in [0.3, 0.4) is 0 Å². The maximum Gasteiger partial charge on any atom is 0.407 e. The number of nitrogens with one attached hydrogen (secondary N) is 1. The van der Waals surface area contributed by atoms with Crippen LogP contribution < -0.4 is 5.32 Å². The molecule has 1 amide bonds. The Hall–Kier alpha value is -0.770. The third kappa shape index (κ3) is 4.94. The Morgan fingerprint density at radius 2 is 1.88 bits per heavy atom. The van der Waals surface area contributed by atoms with E-state index in [1.165, 1.54) is 0 Å². The van der Waals surface area contributed by atoms with Gasteiger partial charge in [0.05, 0.1) is 12.1 Å². The molecule has 0 saturated heterocycles. The molecular weight excluding hydrogens is 218 g/mol. The van der Waals surface area contributed by atoms with Crippen molar-refractivity contribution in [3.8, 4) is 0 Å². The summed E-state index contributed by atoms with van der Waals surface area (Å²) in [5, 5.41) is 12.9. The highest BCUT2D eigenvalue weighted by Gasteiger charge is 2.37. The second kappa shape index (κ2) is 5.25. The van der Waals surface area contributed by atoms with Crippen molar-refractivity contribution in [2.45, 2.75) is 65.2 Å². The number of carbonyl (C=O) groups is 1. The van der Waals surface area contributed by atoms with E-state index in [1.54, 1.807) is 0 Å². The normalized spacial score (nSPS) is 19.9. The van der Waals surface area contributed by atoms with Crippen LogP contribution in [0.4, 0.5) is 4.79 Å². The van der Waals surface area contributed by atoms with E-state index in [1.807, 2.05) is 34.6 Å². The van der Waals surface area contributed by atoms with Gasteiger partial charge in [0.25, 0.3) is 0 Å². The molecule has 0 aromatic heterocycles. The number of aliphatic hydroxyl groups is 1. The van der Waals surface area contributed by atoms with E-state index in [9.17, 15) is 9.90 Å². The van der Waals surface area contributed by atoms with Gasteiger partial charge in [0.15, 0.2) is 0 Å². The summed E-state index contributed by atoms with van der Waals surface area (Å²) < 4.78 is 5.21. The lowest BCUT2D eigenvalue weighted by Gasteiger charge is -2.29. The Morgan fingerprint density at radius 3 is 2.24 bits per heavy atom. The molecule has 0 unspecified atom stereocenters. The summed E-state index contributed by atoms with van der Waals surface area (Å²) >= 11 is 0. The van der Waals surface area contributed by atoms with Crippen LogP contribution >= 0.6 is 0 Å². The van der Waals surface area contributed by atoms with Gasteiger partial charge in [0.2, 0.25) is 0 Å². The largest absolute Gasteiger partial charge is 0.444 e. The topological polar surface area (TPSA) is 58.6 Å². The second-order valence-electron chi connectivity index (χ2n) is 6.24. The summed E-state index contributed by atoms with van der Waals surface area (Å²) in [5.41, 5.74) is -0.504. The first kappa shape index (κ1) is 14.3. The van der Waals surface area contributed by atoms with Crippen LogP contribution in [0.2, 0.25) is 0 Å². The minimum atomic E-state index is -0.504. The van der Waals surface area contributed by atoms with Crippen LogP contribution in [0.1, 0.15) is 47.5 Å². The molecule has 1 aliphatic carbocycles. The number of hydrogen-bond acceptors (Lipinski definition) is 3. The second-order valence-corrected chi connectivity index (χ2v) is 6.24. The van der Waals surface area contributed by atoms with Crippen LogP contribution in [-0.4, -0.2) is 28.9 Å². The van der Waals surface area contributed by atoms with E-state index in [0.29, 0.717) is 5.92 Å². The molecule has 1 fully saturated rings. The average Bonchev–Trinajstić information content (AvgIpc) is 2.92. The van der Waals surface area contributed by atoms with Crippen molar-refractivity contribution in [1.82, 2.24) is 5.32 Å². The van der Waals surface area contributed by atoms with Gasteiger partial charge in [-0.1, -0.05) is 13.8 Å². The Bertz CT molecular complexity index is 266. The summed E-state index contributed by atoms with van der Waals surface area (Å²) in [6, 6.07) is -0.225. The lowest BCUT2D eigenvalue weighted by molar-refractivity contribution is 0.0340. The molecule has 4 nitrogen and oxygen atoms in total. The van der Waals surface area contributed by atoms with Gasteiger partial charge in [0.1, 0.15) is 5.60 Å². The zero-order chi connectivity index (χ0) is 13.2. The van der Waals surface area contributed by atoms with Crippen molar-refractivity contribution in [3.63, 3.8) is 0 Å². The van der Waals surface area contributed by atoms with E-state index in [0.717, 1.165) is 12.8 Å². The third-order valence-corrected chi connectivity index (χ3v) is 2.87. The van der Waals surface area contributed by atoms with E-state index < -0.39 is 17.8 Å². The molecular formula is C13H25NO3. The predicted octanol–water partition coefficient (Wildman–Crippen LogP) is 2.31. The first-order chi connectivity index (χ1) is 7.70. The van der Waals surface area contributed by atoms with Gasteiger partial charge in [-0.05, 0) is 45.4 Å². The van der Waals surface area contributed by atoms with E-state index >= 15 is 0 Å². The molecule has 2 N–H and O–H groups in total. The lowest BCUT2D eigenvalue weighted by Crippen LogP contribution is -2.49. The Morgan fingerprint density at radius 1 is 1.35 bits per heavy atom. The molecule has 2 atom stereocenters. The van der Waals surface area contributed by atoms with E-state index in [4.69, 9.17) is 4.74 Å². The maximum absolute atomic E-state index is 11.7. The lowest BCUT2D eigenvalue weighted by atomic mass is 9.95. The van der Waals surface area contributed by atoms with Crippen LogP contribution in [0.15, 0.2) is 0 Å². The molecule has 0 aromatic rings. The minimum absolute atomic E-state index is 0.193. The molecule has 4 heteroatoms. The van der Waals surface area contributed by atoms with Gasteiger partial charge < -0.3 is 15.2 Å². The molecule has 1 rings (SSSR count). The highest BCUT2D eigenvalue weighted by atomic mass is 16.6. The van der Waals surface area contributed by atoms with Crippen molar-refractivity contribution in [3.05, 3.63) is 0 Å². The number of alkyl carbamates (subject to hydrolysis) is 1. The molecule has 0 aliphatic heterocycles. The van der Waals surface area contributed by atoms with Gasteiger partial charge in [-0.25, -0.2) is 4.79 Å². The molecule has 0 spiro atoms. The summed E-state index contributed by atoms with van der Waals surface area (Å²) in [5.74, 6) is 0.537. The zero-order valence-electron chi connectivity index (χ0n) is 11.5. The van der Waals surface area contributed by atoms with Gasteiger partial charge in [-0.2, -0.15) is 0 Å². The molecule has 1 saturated carbocycles. The number of ether oxygens (including phenoxy) is 1. The van der Waals surface area contributed by atoms with Crippen molar-refractivity contribution in [1.29, 1.82) is 0 Å². The average molecular weight is 243 g/mol. The first-order valence-corrected chi connectivity index (χ1v) is 6.38. The molecule has 0 bridgehead atoms. The fraction of sp³-hybridized carbons (Fsp3) is 0.923. The van der Waals surface area contributed by atoms with Crippen LogP contribution in [0.25, 0.3) is 0 Å². The Labute approximate surface area is 104 Å². The first-order valence-electron chi connectivity index (χ1n) is 6.38. The number of carbonyl (C=O) groups excluding carboxylic acids is 1. The predicted molar refractivity (Wildman–Crippen MR) is 66.7 cm³/mol. The zero-order valence-corrected chi connectivity index (χ0v) is 11.5. The Balaban J connectivity index is 2.51. The monoisotopic (exact) mass is 243 g/mol. The third-order valence-electron chi connectivity index (χ3n) is 2.87. The highest BCUT2D eigenvalue weighted by Crippen LogP contribution is 2.35. The number of amides is 1. The van der Waals surface area contributed by atoms with Crippen LogP contribution in [-0.2, 0) is 4.74 Å². The molecule has 0 heterocycles. The molecule has 0 radical (unpaired) electrons. The van der Waals surface area contributed by atoms with Crippen LogP contribution in [0.5, 0.6) is 0 Å². The van der Waals surface area contributed by atoms with Crippen molar-refractivity contribution >= 4 is 6.09 Å². The van der Waals surface area contributed by atoms with Crippen molar-refractivity contribution < 1.29 is 14.6 Å². The SMILES string of the molecule is CC(C)[C@@H](NC(=O)OC(C)(C)C)[C@H](O)C1CC1. The number of aliphatic hydroxyl groups excluding tert-OH is 1. The number of rotatable bonds is 4. The smallest absolute Gasteiger partial charge is 0.407 e.